The Morgan fingerprint density at radius 1 is 1.25 bits per heavy atom. The molecule has 0 radical (unpaired) electrons. The topological polar surface area (TPSA) is 65.5 Å². The van der Waals surface area contributed by atoms with E-state index in [4.69, 9.17) is 0 Å². The molecule has 2 rings (SSSR count). The molecule has 114 valence electrons. The van der Waals surface area contributed by atoms with Gasteiger partial charge in [-0.25, -0.2) is 4.99 Å². The number of guanidine groups is 1. The van der Waals surface area contributed by atoms with Crippen LogP contribution in [0.4, 0.5) is 0 Å². The summed E-state index contributed by atoms with van der Waals surface area (Å²) < 4.78 is 0. The Kier molecular flexibility index (Phi) is 5.26. The number of amides is 1. The molecule has 2 fully saturated rings. The van der Waals surface area contributed by atoms with Crippen molar-refractivity contribution >= 4 is 11.9 Å². The number of carbonyl (C=O) groups excluding carboxylic acids is 1. The van der Waals surface area contributed by atoms with E-state index in [1.54, 1.807) is 0 Å². The van der Waals surface area contributed by atoms with E-state index in [0.29, 0.717) is 11.5 Å². The summed E-state index contributed by atoms with van der Waals surface area (Å²) in [6.07, 6.45) is 7.39. The average Bonchev–Trinajstić information content (AvgIpc) is 3.19. The molecule has 5 nitrogen and oxygen atoms in total. The lowest BCUT2D eigenvalue weighted by Crippen LogP contribution is -2.46. The van der Waals surface area contributed by atoms with Gasteiger partial charge in [-0.2, -0.15) is 0 Å². The molecule has 0 aromatic carbocycles. The SMILES string of the molecule is CCNC(=NCC(=O)NC1CC1)NCC1(CC)CCC1. The zero-order chi connectivity index (χ0) is 14.4. The van der Waals surface area contributed by atoms with Crippen molar-refractivity contribution in [2.45, 2.75) is 58.4 Å². The smallest absolute Gasteiger partial charge is 0.242 e. The van der Waals surface area contributed by atoms with Crippen LogP contribution in [0.1, 0.15) is 52.4 Å². The molecule has 0 bridgehead atoms. The number of hydrogen-bond donors (Lipinski definition) is 3. The molecule has 0 heterocycles. The molecule has 5 heteroatoms. The maximum atomic E-state index is 11.7. The van der Waals surface area contributed by atoms with Crippen molar-refractivity contribution in [3.8, 4) is 0 Å². The van der Waals surface area contributed by atoms with Gasteiger partial charge < -0.3 is 16.0 Å². The second-order valence-corrected chi connectivity index (χ2v) is 6.10. The first-order valence-corrected chi connectivity index (χ1v) is 7.99. The summed E-state index contributed by atoms with van der Waals surface area (Å²) in [5.41, 5.74) is 0.451. The van der Waals surface area contributed by atoms with Crippen LogP contribution < -0.4 is 16.0 Å². The Morgan fingerprint density at radius 3 is 2.50 bits per heavy atom. The molecule has 0 aromatic rings. The fourth-order valence-corrected chi connectivity index (χ4v) is 2.60. The van der Waals surface area contributed by atoms with Gasteiger partial charge in [0.2, 0.25) is 5.91 Å². The quantitative estimate of drug-likeness (QED) is 0.488. The number of hydrogen-bond acceptors (Lipinski definition) is 2. The van der Waals surface area contributed by atoms with Gasteiger partial charge in [0.15, 0.2) is 5.96 Å². The summed E-state index contributed by atoms with van der Waals surface area (Å²) in [6, 6.07) is 0.409. The van der Waals surface area contributed by atoms with Crippen LogP contribution in [0, 0.1) is 5.41 Å². The monoisotopic (exact) mass is 280 g/mol. The molecule has 3 N–H and O–H groups in total. The van der Waals surface area contributed by atoms with Gasteiger partial charge >= 0.3 is 0 Å². The number of aliphatic imine (C=N–C) groups is 1. The second-order valence-electron chi connectivity index (χ2n) is 6.10. The van der Waals surface area contributed by atoms with Crippen molar-refractivity contribution in [1.82, 2.24) is 16.0 Å². The Labute approximate surface area is 122 Å². The predicted molar refractivity (Wildman–Crippen MR) is 81.7 cm³/mol. The highest BCUT2D eigenvalue weighted by Crippen LogP contribution is 2.42. The molecule has 0 spiro atoms. The first kappa shape index (κ1) is 15.1. The summed E-state index contributed by atoms with van der Waals surface area (Å²) in [6.45, 7) is 6.29. The highest BCUT2D eigenvalue weighted by molar-refractivity contribution is 5.85. The van der Waals surface area contributed by atoms with Crippen LogP contribution in [-0.2, 0) is 4.79 Å². The van der Waals surface area contributed by atoms with Gasteiger partial charge in [-0.15, -0.1) is 0 Å². The van der Waals surface area contributed by atoms with E-state index in [9.17, 15) is 4.79 Å². The molecule has 2 aliphatic carbocycles. The first-order valence-electron chi connectivity index (χ1n) is 7.99. The Balaban J connectivity index is 1.77. The lowest BCUT2D eigenvalue weighted by molar-refractivity contribution is -0.119. The van der Waals surface area contributed by atoms with Crippen LogP contribution in [0.15, 0.2) is 4.99 Å². The number of carbonyl (C=O) groups is 1. The Morgan fingerprint density at radius 2 is 2.00 bits per heavy atom. The Bertz CT molecular complexity index is 353. The summed E-state index contributed by atoms with van der Waals surface area (Å²) in [5.74, 6) is 0.789. The summed E-state index contributed by atoms with van der Waals surface area (Å²) in [5, 5.41) is 9.56. The van der Waals surface area contributed by atoms with Crippen molar-refractivity contribution < 1.29 is 4.79 Å². The van der Waals surface area contributed by atoms with Gasteiger partial charge in [0, 0.05) is 19.1 Å². The largest absolute Gasteiger partial charge is 0.357 e. The molecular formula is C15H28N4O. The van der Waals surface area contributed by atoms with E-state index in [1.165, 1.54) is 25.7 Å². The lowest BCUT2D eigenvalue weighted by Gasteiger charge is -2.41. The predicted octanol–water partition coefficient (Wildman–Crippen LogP) is 1.40. The third kappa shape index (κ3) is 4.39. The van der Waals surface area contributed by atoms with E-state index in [2.05, 4.69) is 27.9 Å². The van der Waals surface area contributed by atoms with Crippen LogP contribution in [0.5, 0.6) is 0 Å². The molecule has 20 heavy (non-hydrogen) atoms. The minimum Gasteiger partial charge on any atom is -0.357 e. The molecule has 0 atom stereocenters. The minimum absolute atomic E-state index is 0.0264. The van der Waals surface area contributed by atoms with Crippen molar-refractivity contribution in [1.29, 1.82) is 0 Å². The van der Waals surface area contributed by atoms with Crippen LogP contribution in [0.3, 0.4) is 0 Å². The van der Waals surface area contributed by atoms with E-state index in [-0.39, 0.29) is 12.5 Å². The van der Waals surface area contributed by atoms with E-state index in [0.717, 1.165) is 31.9 Å². The average molecular weight is 280 g/mol. The van der Waals surface area contributed by atoms with Crippen molar-refractivity contribution in [2.75, 3.05) is 19.6 Å². The number of nitrogens with one attached hydrogen (secondary N) is 3. The minimum atomic E-state index is 0.0264. The molecule has 1 amide bonds. The van der Waals surface area contributed by atoms with Crippen LogP contribution >= 0.6 is 0 Å². The van der Waals surface area contributed by atoms with Gasteiger partial charge in [0.25, 0.3) is 0 Å². The maximum Gasteiger partial charge on any atom is 0.242 e. The third-order valence-corrected chi connectivity index (χ3v) is 4.46. The van der Waals surface area contributed by atoms with Crippen molar-refractivity contribution in [3.05, 3.63) is 0 Å². The standard InChI is InChI=1S/C15H28N4O/c1-3-15(8-5-9-15)11-18-14(16-4-2)17-10-13(20)19-12-6-7-12/h12H,3-11H2,1-2H3,(H,19,20)(H2,16,17,18). The fraction of sp³-hybridized carbons (Fsp3) is 0.867. The zero-order valence-electron chi connectivity index (χ0n) is 12.8. The van der Waals surface area contributed by atoms with Crippen molar-refractivity contribution in [3.63, 3.8) is 0 Å². The van der Waals surface area contributed by atoms with Crippen molar-refractivity contribution in [2.24, 2.45) is 10.4 Å². The van der Waals surface area contributed by atoms with Gasteiger partial charge in [0.05, 0.1) is 0 Å². The van der Waals surface area contributed by atoms with Gasteiger partial charge in [-0.1, -0.05) is 13.3 Å². The molecular weight excluding hydrogens is 252 g/mol. The Hall–Kier alpha value is -1.26. The molecule has 2 aliphatic rings. The normalized spacial score (nSPS) is 21.0. The summed E-state index contributed by atoms with van der Waals surface area (Å²) in [4.78, 5) is 16.0. The maximum absolute atomic E-state index is 11.7. The fourth-order valence-electron chi connectivity index (χ4n) is 2.60. The molecule has 0 aromatic heterocycles. The highest BCUT2D eigenvalue weighted by atomic mass is 16.2. The third-order valence-electron chi connectivity index (χ3n) is 4.46. The molecule has 0 saturated heterocycles. The van der Waals surface area contributed by atoms with Gasteiger partial charge in [-0.3, -0.25) is 4.79 Å². The number of rotatable bonds is 7. The van der Waals surface area contributed by atoms with Gasteiger partial charge in [0.1, 0.15) is 6.54 Å². The van der Waals surface area contributed by atoms with Gasteiger partial charge in [-0.05, 0) is 44.4 Å². The molecule has 0 unspecified atom stereocenters. The number of nitrogens with zero attached hydrogens (tertiary/aromatic N) is 1. The van der Waals surface area contributed by atoms with E-state index < -0.39 is 0 Å². The zero-order valence-corrected chi connectivity index (χ0v) is 12.8. The van der Waals surface area contributed by atoms with E-state index >= 15 is 0 Å². The summed E-state index contributed by atoms with van der Waals surface area (Å²) in [7, 11) is 0. The lowest BCUT2D eigenvalue weighted by atomic mass is 9.67. The first-order chi connectivity index (χ1) is 9.67. The summed E-state index contributed by atoms with van der Waals surface area (Å²) >= 11 is 0. The second kappa shape index (κ2) is 6.95. The molecule has 0 aliphatic heterocycles. The highest BCUT2D eigenvalue weighted by Gasteiger charge is 2.34. The van der Waals surface area contributed by atoms with E-state index in [1.807, 2.05) is 6.92 Å². The van der Waals surface area contributed by atoms with Crippen LogP contribution in [0.25, 0.3) is 0 Å². The molecule has 2 saturated carbocycles. The van der Waals surface area contributed by atoms with Crippen LogP contribution in [-0.4, -0.2) is 37.5 Å². The van der Waals surface area contributed by atoms with Crippen LogP contribution in [0.2, 0.25) is 0 Å².